The molecule has 0 unspecified atom stereocenters. The maximum atomic E-state index is 14.5. The topological polar surface area (TPSA) is 73.8 Å². The van der Waals surface area contributed by atoms with Crippen LogP contribution in [0.2, 0.25) is 0 Å². The van der Waals surface area contributed by atoms with Crippen molar-refractivity contribution in [2.45, 2.75) is 57.6 Å². The fourth-order valence-corrected chi connectivity index (χ4v) is 5.12. The Morgan fingerprint density at radius 1 is 1.10 bits per heavy atom. The van der Waals surface area contributed by atoms with Crippen LogP contribution in [0, 0.1) is 12.7 Å². The number of aliphatic hydroxyl groups excluding tert-OH is 1. The van der Waals surface area contributed by atoms with E-state index in [1.54, 1.807) is 18.2 Å². The number of hydrogen-bond donors (Lipinski definition) is 3. The Balaban J connectivity index is 1.56. The summed E-state index contributed by atoms with van der Waals surface area (Å²) >= 11 is 0. The highest BCUT2D eigenvalue weighted by Crippen LogP contribution is 2.29. The number of alkyl halides is 3. The first-order valence-electron chi connectivity index (χ1n) is 14.0. The number of hydrogen-bond acceptors (Lipinski definition) is 5. The normalized spacial score (nSPS) is 18.1. The van der Waals surface area contributed by atoms with E-state index in [4.69, 9.17) is 4.74 Å². The van der Waals surface area contributed by atoms with Gasteiger partial charge in [-0.1, -0.05) is 29.8 Å². The number of rotatable bonds is 5. The summed E-state index contributed by atoms with van der Waals surface area (Å²) in [5, 5.41) is 17.0. The monoisotopic (exact) mass is 587 g/mol. The molecule has 0 aromatic heterocycles. The standard InChI is InChI=1S/C32H37F4N3O3/c1-21-10-24-12-25(11-21)31(41)38-29(30(40)19-37-18-22-6-5-7-26(13-22)32(34,35)36)16-23-14-27(33)17-28(15-23)42-9-4-3-8-39(2)20-24/h5-7,10-15,17,29-30,37,40H,3-4,8-9,16,18-20H2,1-2H3,(H,38,41)/t29-,30+/m0/s1. The first-order valence-corrected chi connectivity index (χ1v) is 14.0. The van der Waals surface area contributed by atoms with Crippen LogP contribution in [0.25, 0.3) is 0 Å². The van der Waals surface area contributed by atoms with Gasteiger partial charge in [0.2, 0.25) is 0 Å². The fraction of sp³-hybridized carbons (Fsp3) is 0.406. The molecule has 1 amide bonds. The first kappa shape index (κ1) is 31.5. The van der Waals surface area contributed by atoms with Gasteiger partial charge in [0.25, 0.3) is 5.91 Å². The molecule has 2 atom stereocenters. The molecule has 10 heteroatoms. The molecule has 0 fully saturated rings. The summed E-state index contributed by atoms with van der Waals surface area (Å²) < 4.78 is 59.6. The summed E-state index contributed by atoms with van der Waals surface area (Å²) in [4.78, 5) is 15.6. The van der Waals surface area contributed by atoms with Crippen molar-refractivity contribution >= 4 is 5.91 Å². The number of aryl methyl sites for hydroxylation is 1. The molecule has 0 aliphatic carbocycles. The largest absolute Gasteiger partial charge is 0.493 e. The van der Waals surface area contributed by atoms with E-state index in [-0.39, 0.29) is 25.4 Å². The van der Waals surface area contributed by atoms with E-state index >= 15 is 0 Å². The van der Waals surface area contributed by atoms with E-state index in [9.17, 15) is 27.5 Å². The van der Waals surface area contributed by atoms with Crippen molar-refractivity contribution in [1.29, 1.82) is 0 Å². The van der Waals surface area contributed by atoms with E-state index in [1.807, 2.05) is 26.1 Å². The number of halogens is 4. The van der Waals surface area contributed by atoms with Gasteiger partial charge in [-0.05, 0) is 86.8 Å². The number of nitrogens with zero attached hydrogens (tertiary/aromatic N) is 1. The molecular weight excluding hydrogens is 550 g/mol. The zero-order valence-corrected chi connectivity index (χ0v) is 23.8. The van der Waals surface area contributed by atoms with Gasteiger partial charge in [-0.25, -0.2) is 4.39 Å². The van der Waals surface area contributed by atoms with Crippen LogP contribution in [0.1, 0.15) is 51.0 Å². The molecule has 1 aliphatic rings. The second kappa shape index (κ2) is 14.1. The van der Waals surface area contributed by atoms with Gasteiger partial charge in [0.1, 0.15) is 11.6 Å². The van der Waals surface area contributed by atoms with Crippen molar-refractivity contribution in [2.75, 3.05) is 26.7 Å². The Kier molecular flexibility index (Phi) is 10.6. The average molecular weight is 588 g/mol. The first-order chi connectivity index (χ1) is 20.0. The van der Waals surface area contributed by atoms with Gasteiger partial charge in [0.05, 0.1) is 24.3 Å². The molecule has 4 rings (SSSR count). The lowest BCUT2D eigenvalue weighted by atomic mass is 9.99. The Morgan fingerprint density at radius 3 is 2.69 bits per heavy atom. The molecule has 0 saturated heterocycles. The summed E-state index contributed by atoms with van der Waals surface area (Å²) in [6.07, 6.45) is -3.81. The van der Waals surface area contributed by atoms with Crippen LogP contribution in [-0.2, 0) is 25.7 Å². The minimum absolute atomic E-state index is 0.0241. The van der Waals surface area contributed by atoms with Crippen molar-refractivity contribution in [3.8, 4) is 5.75 Å². The number of aliphatic hydroxyl groups is 1. The van der Waals surface area contributed by atoms with Crippen molar-refractivity contribution in [1.82, 2.24) is 15.5 Å². The number of benzene rings is 3. The van der Waals surface area contributed by atoms with Crippen molar-refractivity contribution in [3.63, 3.8) is 0 Å². The molecule has 1 heterocycles. The highest BCUT2D eigenvalue weighted by atomic mass is 19.4. The summed E-state index contributed by atoms with van der Waals surface area (Å²) in [5.74, 6) is -0.514. The zero-order chi connectivity index (χ0) is 30.3. The molecular formula is C32H37F4N3O3. The molecule has 3 aromatic carbocycles. The molecule has 42 heavy (non-hydrogen) atoms. The van der Waals surface area contributed by atoms with Crippen LogP contribution in [-0.4, -0.2) is 54.8 Å². The Bertz CT molecular complexity index is 1370. The predicted molar refractivity (Wildman–Crippen MR) is 153 cm³/mol. The third-order valence-electron chi connectivity index (χ3n) is 7.16. The fourth-order valence-electron chi connectivity index (χ4n) is 5.12. The van der Waals surface area contributed by atoms with Gasteiger partial charge in [-0.2, -0.15) is 13.2 Å². The van der Waals surface area contributed by atoms with E-state index in [0.717, 1.165) is 42.6 Å². The second-order valence-electron chi connectivity index (χ2n) is 11.0. The maximum absolute atomic E-state index is 14.5. The highest BCUT2D eigenvalue weighted by molar-refractivity contribution is 5.94. The number of amides is 1. The summed E-state index contributed by atoms with van der Waals surface area (Å²) in [5.41, 5.74) is 2.53. The molecule has 1 aliphatic heterocycles. The van der Waals surface area contributed by atoms with E-state index in [1.165, 1.54) is 18.2 Å². The Morgan fingerprint density at radius 2 is 1.90 bits per heavy atom. The lowest BCUT2D eigenvalue weighted by Gasteiger charge is -2.25. The molecule has 3 aromatic rings. The average Bonchev–Trinajstić information content (AvgIpc) is 2.91. The molecule has 6 nitrogen and oxygen atoms in total. The van der Waals surface area contributed by atoms with Gasteiger partial charge in [-0.3, -0.25) is 4.79 Å². The van der Waals surface area contributed by atoms with Crippen LogP contribution in [0.5, 0.6) is 5.75 Å². The predicted octanol–water partition coefficient (Wildman–Crippen LogP) is 5.25. The van der Waals surface area contributed by atoms with Crippen LogP contribution in [0.3, 0.4) is 0 Å². The third-order valence-corrected chi connectivity index (χ3v) is 7.16. The van der Waals surface area contributed by atoms with Gasteiger partial charge in [-0.15, -0.1) is 0 Å². The number of nitrogens with one attached hydrogen (secondary N) is 2. The summed E-state index contributed by atoms with van der Waals surface area (Å²) in [7, 11) is 2.01. The van der Waals surface area contributed by atoms with Crippen LogP contribution in [0.15, 0.2) is 60.7 Å². The zero-order valence-electron chi connectivity index (χ0n) is 23.8. The van der Waals surface area contributed by atoms with E-state index < -0.39 is 29.7 Å². The van der Waals surface area contributed by atoms with Crippen molar-refractivity contribution < 1.29 is 32.2 Å². The van der Waals surface area contributed by atoms with Gasteiger partial charge in [0.15, 0.2) is 0 Å². The summed E-state index contributed by atoms with van der Waals surface area (Å²) in [6.45, 7) is 3.87. The third kappa shape index (κ3) is 9.27. The molecule has 4 bridgehead atoms. The van der Waals surface area contributed by atoms with Crippen LogP contribution in [0.4, 0.5) is 17.6 Å². The molecule has 226 valence electrons. The number of fused-ring (bicyclic) bond motifs is 4. The van der Waals surface area contributed by atoms with Gasteiger partial charge < -0.3 is 25.4 Å². The highest BCUT2D eigenvalue weighted by Gasteiger charge is 2.30. The van der Waals surface area contributed by atoms with Gasteiger partial charge in [0, 0.05) is 31.3 Å². The minimum atomic E-state index is -4.46. The minimum Gasteiger partial charge on any atom is -0.493 e. The molecule has 0 spiro atoms. The lowest BCUT2D eigenvalue weighted by molar-refractivity contribution is -0.137. The number of ether oxygens (including phenoxy) is 1. The van der Waals surface area contributed by atoms with Crippen molar-refractivity contribution in [3.05, 3.63) is 99.9 Å². The maximum Gasteiger partial charge on any atom is 0.416 e. The molecule has 0 radical (unpaired) electrons. The Labute approximate surface area is 243 Å². The van der Waals surface area contributed by atoms with E-state index in [0.29, 0.717) is 35.6 Å². The van der Waals surface area contributed by atoms with E-state index in [2.05, 4.69) is 15.5 Å². The number of carbonyl (C=O) groups excluding carboxylic acids is 1. The smallest absolute Gasteiger partial charge is 0.416 e. The Hall–Kier alpha value is -3.47. The molecule has 3 N–H and O–H groups in total. The van der Waals surface area contributed by atoms with Crippen LogP contribution < -0.4 is 15.4 Å². The van der Waals surface area contributed by atoms with Crippen LogP contribution >= 0.6 is 0 Å². The SMILES string of the molecule is Cc1cc2cc(c1)C(=O)N[C@H]([C@H](O)CNCc1cccc(C(F)(F)F)c1)Cc1cc(F)cc(c1)OCCCCN(C)C2. The number of carbonyl (C=O) groups is 1. The lowest BCUT2D eigenvalue weighted by Crippen LogP contribution is -2.48. The summed E-state index contributed by atoms with van der Waals surface area (Å²) in [6, 6.07) is 14.1. The van der Waals surface area contributed by atoms with Crippen molar-refractivity contribution in [2.24, 2.45) is 0 Å². The van der Waals surface area contributed by atoms with Gasteiger partial charge >= 0.3 is 6.18 Å². The quantitative estimate of drug-likeness (QED) is 0.356. The second-order valence-corrected chi connectivity index (χ2v) is 11.0. The molecule has 0 saturated carbocycles.